The Hall–Kier alpha value is -2.25. The van der Waals surface area contributed by atoms with Crippen LogP contribution in [0.15, 0.2) is 42.0 Å². The first-order chi connectivity index (χ1) is 14.2. The molecule has 7 heteroatoms. The van der Waals surface area contributed by atoms with E-state index < -0.39 is 0 Å². The maximum absolute atomic E-state index is 13.5. The average Bonchev–Trinajstić information content (AvgIpc) is 3.47. The number of carbonyl (C=O) groups excluding carboxylic acids is 2. The molecule has 6 nitrogen and oxygen atoms in total. The summed E-state index contributed by atoms with van der Waals surface area (Å²) in [5, 5.41) is 1.91. The molecule has 4 rings (SSSR count). The van der Waals surface area contributed by atoms with Crippen molar-refractivity contribution < 1.29 is 14.3 Å². The van der Waals surface area contributed by atoms with E-state index in [1.165, 1.54) is 11.3 Å². The molecule has 2 aromatic heterocycles. The molecular formula is C22H27N3O3S. The lowest BCUT2D eigenvalue weighted by atomic mass is 9.95. The van der Waals surface area contributed by atoms with Crippen molar-refractivity contribution in [3.8, 4) is 0 Å². The van der Waals surface area contributed by atoms with Gasteiger partial charge in [0.25, 0.3) is 5.91 Å². The van der Waals surface area contributed by atoms with Crippen molar-refractivity contribution in [1.82, 2.24) is 14.8 Å². The van der Waals surface area contributed by atoms with Gasteiger partial charge in [-0.3, -0.25) is 14.6 Å². The molecule has 0 saturated carbocycles. The van der Waals surface area contributed by atoms with E-state index in [0.717, 1.165) is 49.3 Å². The molecule has 0 N–H and O–H groups in total. The van der Waals surface area contributed by atoms with E-state index in [1.807, 2.05) is 39.4 Å². The number of amides is 2. The van der Waals surface area contributed by atoms with Crippen LogP contribution in [-0.2, 0) is 16.1 Å². The van der Waals surface area contributed by atoms with E-state index in [1.54, 1.807) is 12.4 Å². The molecule has 2 atom stereocenters. The summed E-state index contributed by atoms with van der Waals surface area (Å²) in [6, 6.07) is 7.64. The lowest BCUT2D eigenvalue weighted by Crippen LogP contribution is -2.48. The van der Waals surface area contributed by atoms with Crippen molar-refractivity contribution in [2.24, 2.45) is 5.92 Å². The second-order valence-electron chi connectivity index (χ2n) is 7.78. The number of likely N-dealkylation sites (tertiary alicyclic amines) is 1. The first kappa shape index (κ1) is 20.0. The zero-order valence-electron chi connectivity index (χ0n) is 16.5. The van der Waals surface area contributed by atoms with Crippen LogP contribution in [0.3, 0.4) is 0 Å². The van der Waals surface area contributed by atoms with Crippen molar-refractivity contribution in [1.29, 1.82) is 0 Å². The molecular weight excluding hydrogens is 386 g/mol. The number of aromatic nitrogens is 1. The van der Waals surface area contributed by atoms with Gasteiger partial charge in [0.2, 0.25) is 5.91 Å². The number of hydrogen-bond donors (Lipinski definition) is 0. The Labute approximate surface area is 175 Å². The third kappa shape index (κ3) is 5.03. The molecule has 2 amide bonds. The molecule has 2 fully saturated rings. The molecule has 2 unspecified atom stereocenters. The van der Waals surface area contributed by atoms with Crippen LogP contribution < -0.4 is 0 Å². The van der Waals surface area contributed by atoms with Crippen LogP contribution in [0.2, 0.25) is 0 Å². The normalized spacial score (nSPS) is 21.9. The first-order valence-electron chi connectivity index (χ1n) is 10.3. The van der Waals surface area contributed by atoms with E-state index in [-0.39, 0.29) is 23.8 Å². The number of carbonyl (C=O) groups is 2. The van der Waals surface area contributed by atoms with Gasteiger partial charge in [-0.25, -0.2) is 0 Å². The van der Waals surface area contributed by atoms with Gasteiger partial charge in [0, 0.05) is 45.2 Å². The highest BCUT2D eigenvalue weighted by atomic mass is 32.1. The van der Waals surface area contributed by atoms with Crippen LogP contribution in [-0.4, -0.2) is 58.9 Å². The Balaban J connectivity index is 1.45. The zero-order valence-corrected chi connectivity index (χ0v) is 17.4. The van der Waals surface area contributed by atoms with E-state index in [4.69, 9.17) is 4.74 Å². The average molecular weight is 414 g/mol. The van der Waals surface area contributed by atoms with Crippen LogP contribution >= 0.6 is 11.3 Å². The topological polar surface area (TPSA) is 62.7 Å². The third-order valence-electron chi connectivity index (χ3n) is 5.67. The molecule has 4 heterocycles. The smallest absolute Gasteiger partial charge is 0.263 e. The SMILES string of the molecule is O=C(c1cccs1)N1CCCC(C(=O)N(Cc2ccncc2)CC2CCCO2)C1. The molecule has 154 valence electrons. The van der Waals surface area contributed by atoms with Gasteiger partial charge in [0.05, 0.1) is 16.9 Å². The highest BCUT2D eigenvalue weighted by Crippen LogP contribution is 2.24. The standard InChI is InChI=1S/C22H27N3O3S/c26-21(18-4-1-11-24(15-18)22(27)20-6-3-13-29-20)25(16-19-5-2-12-28-19)14-17-7-9-23-10-8-17/h3,6-10,13,18-19H,1-2,4-5,11-12,14-16H2. The highest BCUT2D eigenvalue weighted by molar-refractivity contribution is 7.12. The largest absolute Gasteiger partial charge is 0.376 e. The maximum atomic E-state index is 13.5. The van der Waals surface area contributed by atoms with E-state index in [2.05, 4.69) is 4.98 Å². The van der Waals surface area contributed by atoms with Crippen LogP contribution in [0.1, 0.15) is 40.9 Å². The van der Waals surface area contributed by atoms with Crippen LogP contribution in [0, 0.1) is 5.92 Å². The Morgan fingerprint density at radius 1 is 1.21 bits per heavy atom. The summed E-state index contributed by atoms with van der Waals surface area (Å²) in [5.74, 6) is 0.00852. The molecule has 2 saturated heterocycles. The molecule has 2 aliphatic heterocycles. The van der Waals surface area contributed by atoms with E-state index >= 15 is 0 Å². The number of thiophene rings is 1. The van der Waals surface area contributed by atoms with Gasteiger partial charge in [-0.15, -0.1) is 11.3 Å². The van der Waals surface area contributed by atoms with Crippen molar-refractivity contribution in [2.45, 2.75) is 38.3 Å². The second-order valence-corrected chi connectivity index (χ2v) is 8.72. The van der Waals surface area contributed by atoms with Gasteiger partial charge in [-0.1, -0.05) is 6.07 Å². The van der Waals surface area contributed by atoms with Gasteiger partial charge >= 0.3 is 0 Å². The lowest BCUT2D eigenvalue weighted by molar-refractivity contribution is -0.139. The number of piperidine rings is 1. The van der Waals surface area contributed by atoms with Crippen molar-refractivity contribution >= 4 is 23.2 Å². The first-order valence-corrected chi connectivity index (χ1v) is 11.2. The number of hydrogen-bond acceptors (Lipinski definition) is 5. The van der Waals surface area contributed by atoms with Gasteiger partial charge in [-0.05, 0) is 54.8 Å². The minimum atomic E-state index is -0.157. The molecule has 2 aliphatic rings. The quantitative estimate of drug-likeness (QED) is 0.730. The lowest BCUT2D eigenvalue weighted by Gasteiger charge is -2.35. The number of ether oxygens (including phenoxy) is 1. The van der Waals surface area contributed by atoms with Crippen LogP contribution in [0.4, 0.5) is 0 Å². The second kappa shape index (κ2) is 9.50. The van der Waals surface area contributed by atoms with Gasteiger partial charge in [0.1, 0.15) is 0 Å². The summed E-state index contributed by atoms with van der Waals surface area (Å²) in [7, 11) is 0. The minimum absolute atomic E-state index is 0.0392. The fraction of sp³-hybridized carbons (Fsp3) is 0.500. The predicted molar refractivity (Wildman–Crippen MR) is 112 cm³/mol. The fourth-order valence-corrected chi connectivity index (χ4v) is 4.84. The molecule has 0 bridgehead atoms. The van der Waals surface area contributed by atoms with E-state index in [0.29, 0.717) is 19.6 Å². The summed E-state index contributed by atoms with van der Waals surface area (Å²) in [6.07, 6.45) is 7.34. The summed E-state index contributed by atoms with van der Waals surface area (Å²) >= 11 is 1.45. The van der Waals surface area contributed by atoms with Crippen molar-refractivity contribution in [3.05, 3.63) is 52.5 Å². The Morgan fingerprint density at radius 2 is 2.07 bits per heavy atom. The van der Waals surface area contributed by atoms with Crippen LogP contribution in [0.5, 0.6) is 0 Å². The fourth-order valence-electron chi connectivity index (χ4n) is 4.15. The molecule has 0 aromatic carbocycles. The number of rotatable bonds is 6. The highest BCUT2D eigenvalue weighted by Gasteiger charge is 2.33. The molecule has 0 radical (unpaired) electrons. The Kier molecular flexibility index (Phi) is 6.56. The summed E-state index contributed by atoms with van der Waals surface area (Å²) in [4.78, 5) is 34.8. The van der Waals surface area contributed by atoms with E-state index in [9.17, 15) is 9.59 Å². The van der Waals surface area contributed by atoms with Gasteiger partial charge in [-0.2, -0.15) is 0 Å². The summed E-state index contributed by atoms with van der Waals surface area (Å²) in [5.41, 5.74) is 1.06. The van der Waals surface area contributed by atoms with Crippen LogP contribution in [0.25, 0.3) is 0 Å². The molecule has 0 aliphatic carbocycles. The maximum Gasteiger partial charge on any atom is 0.263 e. The Bertz CT molecular complexity index is 806. The Morgan fingerprint density at radius 3 is 2.79 bits per heavy atom. The monoisotopic (exact) mass is 413 g/mol. The molecule has 0 spiro atoms. The number of pyridine rings is 1. The van der Waals surface area contributed by atoms with Gasteiger partial charge < -0.3 is 14.5 Å². The zero-order chi connectivity index (χ0) is 20.1. The predicted octanol–water partition coefficient (Wildman–Crippen LogP) is 3.20. The third-order valence-corrected chi connectivity index (χ3v) is 6.53. The molecule has 2 aromatic rings. The minimum Gasteiger partial charge on any atom is -0.376 e. The molecule has 29 heavy (non-hydrogen) atoms. The van der Waals surface area contributed by atoms with Gasteiger partial charge in [0.15, 0.2) is 0 Å². The summed E-state index contributed by atoms with van der Waals surface area (Å²) in [6.45, 7) is 3.14. The summed E-state index contributed by atoms with van der Waals surface area (Å²) < 4.78 is 5.80. The van der Waals surface area contributed by atoms with Crippen molar-refractivity contribution in [3.63, 3.8) is 0 Å². The van der Waals surface area contributed by atoms with Crippen molar-refractivity contribution in [2.75, 3.05) is 26.2 Å². The number of nitrogens with zero attached hydrogens (tertiary/aromatic N) is 3.